The Bertz CT molecular complexity index is 1160. The van der Waals surface area contributed by atoms with Crippen molar-refractivity contribution >= 4 is 5.91 Å². The number of ether oxygens (including phenoxy) is 3. The highest BCUT2D eigenvalue weighted by Crippen LogP contribution is 2.37. The van der Waals surface area contributed by atoms with Gasteiger partial charge in [0.2, 0.25) is 5.91 Å². The number of piperidine rings is 1. The lowest BCUT2D eigenvalue weighted by molar-refractivity contribution is -0.126. The van der Waals surface area contributed by atoms with Crippen molar-refractivity contribution in [2.75, 3.05) is 13.7 Å². The Labute approximate surface area is 213 Å². The minimum absolute atomic E-state index is 0.0885. The molecule has 1 aliphatic carbocycles. The van der Waals surface area contributed by atoms with E-state index in [2.05, 4.69) is 41.7 Å². The SMILES string of the molecule is COc1ccc([C@H]2CNC(=O)C(Cc3cccc(OCc4ccccc4)c3)C2)cc1OC1CCCC1. The van der Waals surface area contributed by atoms with Crippen LogP contribution in [0.15, 0.2) is 72.8 Å². The second kappa shape index (κ2) is 11.5. The minimum atomic E-state index is -0.0885. The van der Waals surface area contributed by atoms with Crippen LogP contribution in [0.3, 0.4) is 0 Å². The smallest absolute Gasteiger partial charge is 0.223 e. The van der Waals surface area contributed by atoms with Gasteiger partial charge < -0.3 is 19.5 Å². The molecule has 2 aliphatic rings. The molecule has 0 radical (unpaired) electrons. The summed E-state index contributed by atoms with van der Waals surface area (Å²) < 4.78 is 17.9. The molecule has 3 aromatic rings. The highest BCUT2D eigenvalue weighted by molar-refractivity contribution is 5.80. The van der Waals surface area contributed by atoms with E-state index < -0.39 is 0 Å². The van der Waals surface area contributed by atoms with Gasteiger partial charge in [0.25, 0.3) is 0 Å². The molecule has 0 bridgehead atoms. The quantitative estimate of drug-likeness (QED) is 0.400. The van der Waals surface area contributed by atoms with E-state index in [1.54, 1.807) is 7.11 Å². The van der Waals surface area contributed by atoms with E-state index in [1.807, 2.05) is 36.4 Å². The molecule has 1 aliphatic heterocycles. The number of amides is 1. The number of methoxy groups -OCH3 is 1. The van der Waals surface area contributed by atoms with Gasteiger partial charge in [-0.3, -0.25) is 4.79 Å². The third-order valence-electron chi connectivity index (χ3n) is 7.35. The van der Waals surface area contributed by atoms with Gasteiger partial charge in [0.1, 0.15) is 12.4 Å². The molecule has 3 aromatic carbocycles. The first-order chi connectivity index (χ1) is 17.7. The van der Waals surface area contributed by atoms with E-state index in [4.69, 9.17) is 14.2 Å². The van der Waals surface area contributed by atoms with Crippen molar-refractivity contribution in [3.63, 3.8) is 0 Å². The van der Waals surface area contributed by atoms with Crippen LogP contribution in [-0.4, -0.2) is 25.7 Å². The van der Waals surface area contributed by atoms with Gasteiger partial charge in [-0.25, -0.2) is 0 Å². The summed E-state index contributed by atoms with van der Waals surface area (Å²) in [5.41, 5.74) is 3.43. The summed E-state index contributed by atoms with van der Waals surface area (Å²) in [5.74, 6) is 2.69. The van der Waals surface area contributed by atoms with E-state index in [1.165, 1.54) is 18.4 Å². The Morgan fingerprint density at radius 1 is 0.889 bits per heavy atom. The standard InChI is InChI=1S/C31H35NO4/c1-34-29-15-14-24(19-30(29)36-27-11-5-6-12-27)26-18-25(31(33)32-20-26)16-23-10-7-13-28(17-23)35-21-22-8-3-2-4-9-22/h2-4,7-10,13-15,17,19,25-27H,5-6,11-12,16,18,20-21H2,1H3,(H,32,33)/t25?,26-/m1/s1. The molecule has 2 fully saturated rings. The maximum Gasteiger partial charge on any atom is 0.223 e. The van der Waals surface area contributed by atoms with Gasteiger partial charge >= 0.3 is 0 Å². The first-order valence-corrected chi connectivity index (χ1v) is 13.1. The summed E-state index contributed by atoms with van der Waals surface area (Å²) in [7, 11) is 1.69. The number of benzene rings is 3. The molecular weight excluding hydrogens is 450 g/mol. The zero-order valence-electron chi connectivity index (χ0n) is 21.0. The highest BCUT2D eigenvalue weighted by Gasteiger charge is 2.30. The zero-order valence-corrected chi connectivity index (χ0v) is 21.0. The summed E-state index contributed by atoms with van der Waals surface area (Å²) in [6.45, 7) is 1.17. The molecule has 5 nitrogen and oxygen atoms in total. The molecule has 1 N–H and O–H groups in total. The van der Waals surface area contributed by atoms with Gasteiger partial charge in [-0.1, -0.05) is 48.5 Å². The Hall–Kier alpha value is -3.47. The molecule has 1 amide bonds. The van der Waals surface area contributed by atoms with Crippen LogP contribution in [0.4, 0.5) is 0 Å². The largest absolute Gasteiger partial charge is 0.493 e. The molecule has 1 unspecified atom stereocenters. The molecule has 2 atom stereocenters. The number of hydrogen-bond acceptors (Lipinski definition) is 4. The van der Waals surface area contributed by atoms with Crippen molar-refractivity contribution in [1.29, 1.82) is 0 Å². The molecule has 0 spiro atoms. The van der Waals surface area contributed by atoms with Gasteiger partial charge in [-0.15, -0.1) is 0 Å². The van der Waals surface area contributed by atoms with Crippen molar-refractivity contribution in [2.24, 2.45) is 5.92 Å². The minimum Gasteiger partial charge on any atom is -0.493 e. The maximum absolute atomic E-state index is 12.8. The van der Waals surface area contributed by atoms with E-state index in [-0.39, 0.29) is 23.8 Å². The molecular formula is C31H35NO4. The molecule has 5 heteroatoms. The summed E-state index contributed by atoms with van der Waals surface area (Å²) in [4.78, 5) is 12.8. The second-order valence-corrected chi connectivity index (χ2v) is 9.94. The van der Waals surface area contributed by atoms with Gasteiger partial charge in [0.05, 0.1) is 13.2 Å². The van der Waals surface area contributed by atoms with Crippen molar-refractivity contribution in [1.82, 2.24) is 5.32 Å². The fraction of sp³-hybridized carbons (Fsp3) is 0.387. The van der Waals surface area contributed by atoms with Crippen molar-refractivity contribution in [3.8, 4) is 17.2 Å². The van der Waals surface area contributed by atoms with Gasteiger partial charge in [-0.05, 0) is 79.5 Å². The van der Waals surface area contributed by atoms with Gasteiger partial charge in [0.15, 0.2) is 11.5 Å². The van der Waals surface area contributed by atoms with Crippen LogP contribution >= 0.6 is 0 Å². The van der Waals surface area contributed by atoms with Crippen molar-refractivity contribution < 1.29 is 19.0 Å². The van der Waals surface area contributed by atoms with E-state index >= 15 is 0 Å². The summed E-state index contributed by atoms with van der Waals surface area (Å²) in [6.07, 6.45) is 6.40. The molecule has 36 heavy (non-hydrogen) atoms. The average molecular weight is 486 g/mol. The van der Waals surface area contributed by atoms with Crippen LogP contribution in [0.1, 0.15) is 54.7 Å². The highest BCUT2D eigenvalue weighted by atomic mass is 16.5. The third-order valence-corrected chi connectivity index (χ3v) is 7.35. The monoisotopic (exact) mass is 485 g/mol. The first-order valence-electron chi connectivity index (χ1n) is 13.1. The van der Waals surface area contributed by atoms with Crippen LogP contribution < -0.4 is 19.5 Å². The topological polar surface area (TPSA) is 56.8 Å². The lowest BCUT2D eigenvalue weighted by Gasteiger charge is -2.30. The van der Waals surface area contributed by atoms with Crippen LogP contribution in [0.5, 0.6) is 17.2 Å². The number of hydrogen-bond donors (Lipinski definition) is 1. The Morgan fingerprint density at radius 3 is 2.50 bits per heavy atom. The lowest BCUT2D eigenvalue weighted by Crippen LogP contribution is -2.41. The molecule has 1 saturated heterocycles. The van der Waals surface area contributed by atoms with E-state index in [9.17, 15) is 4.79 Å². The average Bonchev–Trinajstić information content (AvgIpc) is 3.43. The number of carbonyl (C=O) groups excluding carboxylic acids is 1. The van der Waals surface area contributed by atoms with Crippen LogP contribution in [0, 0.1) is 5.92 Å². The van der Waals surface area contributed by atoms with E-state index in [0.29, 0.717) is 19.6 Å². The second-order valence-electron chi connectivity index (χ2n) is 9.94. The lowest BCUT2D eigenvalue weighted by atomic mass is 9.82. The Kier molecular flexibility index (Phi) is 7.75. The molecule has 0 aromatic heterocycles. The molecule has 1 saturated carbocycles. The number of rotatable bonds is 9. The van der Waals surface area contributed by atoms with Crippen molar-refractivity contribution in [2.45, 2.75) is 57.2 Å². The fourth-order valence-corrected chi connectivity index (χ4v) is 5.34. The summed E-state index contributed by atoms with van der Waals surface area (Å²) in [5, 5.41) is 3.14. The van der Waals surface area contributed by atoms with Gasteiger partial charge in [-0.2, -0.15) is 0 Å². The van der Waals surface area contributed by atoms with Gasteiger partial charge in [0, 0.05) is 18.4 Å². The van der Waals surface area contributed by atoms with Crippen LogP contribution in [-0.2, 0) is 17.8 Å². The third kappa shape index (κ3) is 6.01. The fourth-order valence-electron chi connectivity index (χ4n) is 5.34. The molecule has 188 valence electrons. The summed E-state index contributed by atoms with van der Waals surface area (Å²) >= 11 is 0. The maximum atomic E-state index is 12.8. The first kappa shape index (κ1) is 24.2. The normalized spacial score (nSPS) is 20.1. The van der Waals surface area contributed by atoms with Crippen LogP contribution in [0.25, 0.3) is 0 Å². The van der Waals surface area contributed by atoms with Crippen molar-refractivity contribution in [3.05, 3.63) is 89.5 Å². The molecule has 1 heterocycles. The number of nitrogens with one attached hydrogen (secondary N) is 1. The summed E-state index contributed by atoms with van der Waals surface area (Å²) in [6, 6.07) is 24.5. The predicted molar refractivity (Wildman–Crippen MR) is 141 cm³/mol. The zero-order chi connectivity index (χ0) is 24.7. The molecule has 5 rings (SSSR count). The Balaban J connectivity index is 1.25. The predicted octanol–water partition coefficient (Wildman–Crippen LogP) is 6.06. The number of carbonyl (C=O) groups is 1. The Morgan fingerprint density at radius 2 is 1.69 bits per heavy atom. The van der Waals surface area contributed by atoms with Crippen LogP contribution in [0.2, 0.25) is 0 Å². The van der Waals surface area contributed by atoms with E-state index in [0.717, 1.165) is 47.6 Å².